The molecule has 0 saturated carbocycles. The Morgan fingerprint density at radius 2 is 1.40 bits per heavy atom. The number of hydrogen-bond donors (Lipinski definition) is 1. The Labute approximate surface area is 121 Å². The molecule has 0 radical (unpaired) electrons. The molecule has 1 unspecified atom stereocenters. The molecule has 1 N–H and O–H groups in total. The summed E-state index contributed by atoms with van der Waals surface area (Å²) in [5.41, 5.74) is 2.02. The topological polar surface area (TPSA) is 29.5 Å². The molecule has 0 saturated heterocycles. The van der Waals surface area contributed by atoms with Crippen LogP contribution in [0.15, 0.2) is 48.5 Å². The van der Waals surface area contributed by atoms with E-state index in [-0.39, 0.29) is 0 Å². The van der Waals surface area contributed by atoms with Crippen LogP contribution in [-0.2, 0) is 0 Å². The van der Waals surface area contributed by atoms with Gasteiger partial charge in [0.05, 0.1) is 6.10 Å². The van der Waals surface area contributed by atoms with Crippen LogP contribution in [0.4, 0.5) is 0 Å². The SMILES string of the molecule is CCC(C)c1ccccc1Oc1ccccc1[C@@H](C)O. The fraction of sp³-hybridized carbons (Fsp3) is 0.333. The van der Waals surface area contributed by atoms with Gasteiger partial charge in [0, 0.05) is 5.56 Å². The smallest absolute Gasteiger partial charge is 0.133 e. The summed E-state index contributed by atoms with van der Waals surface area (Å²) < 4.78 is 6.06. The lowest BCUT2D eigenvalue weighted by molar-refractivity contribution is 0.195. The van der Waals surface area contributed by atoms with Crippen molar-refractivity contribution in [1.29, 1.82) is 0 Å². The summed E-state index contributed by atoms with van der Waals surface area (Å²) in [5, 5.41) is 9.83. The third-order valence-electron chi connectivity index (χ3n) is 3.65. The van der Waals surface area contributed by atoms with Crippen LogP contribution in [0.25, 0.3) is 0 Å². The Morgan fingerprint density at radius 3 is 1.95 bits per heavy atom. The van der Waals surface area contributed by atoms with Crippen molar-refractivity contribution >= 4 is 0 Å². The number of rotatable bonds is 5. The molecule has 0 bridgehead atoms. The highest BCUT2D eigenvalue weighted by atomic mass is 16.5. The van der Waals surface area contributed by atoms with E-state index in [4.69, 9.17) is 4.74 Å². The maximum Gasteiger partial charge on any atom is 0.133 e. The van der Waals surface area contributed by atoms with Gasteiger partial charge in [0.15, 0.2) is 0 Å². The maximum atomic E-state index is 9.83. The monoisotopic (exact) mass is 270 g/mol. The Kier molecular flexibility index (Phi) is 4.80. The zero-order valence-electron chi connectivity index (χ0n) is 12.3. The number of ether oxygens (including phenoxy) is 1. The minimum absolute atomic E-state index is 0.449. The summed E-state index contributed by atoms with van der Waals surface area (Å²) >= 11 is 0. The number of hydrogen-bond acceptors (Lipinski definition) is 2. The molecule has 2 atom stereocenters. The van der Waals surface area contributed by atoms with E-state index in [9.17, 15) is 5.11 Å². The van der Waals surface area contributed by atoms with Crippen molar-refractivity contribution < 1.29 is 9.84 Å². The molecule has 2 nitrogen and oxygen atoms in total. The predicted octanol–water partition coefficient (Wildman–Crippen LogP) is 5.05. The molecule has 2 rings (SSSR count). The standard InChI is InChI=1S/C18H22O2/c1-4-13(2)15-9-5-7-11-17(15)20-18-12-8-6-10-16(18)14(3)19/h5-14,19H,4H2,1-3H3/t13?,14-/m1/s1. The van der Waals surface area contributed by atoms with Crippen molar-refractivity contribution in [2.24, 2.45) is 0 Å². The lowest BCUT2D eigenvalue weighted by atomic mass is 9.98. The van der Waals surface area contributed by atoms with Gasteiger partial charge < -0.3 is 9.84 Å². The molecular weight excluding hydrogens is 248 g/mol. The average Bonchev–Trinajstić information content (AvgIpc) is 2.47. The van der Waals surface area contributed by atoms with Crippen LogP contribution in [0.3, 0.4) is 0 Å². The van der Waals surface area contributed by atoms with Crippen LogP contribution in [-0.4, -0.2) is 5.11 Å². The summed E-state index contributed by atoms with van der Waals surface area (Å²) in [6.45, 7) is 6.12. The van der Waals surface area contributed by atoms with Crippen LogP contribution in [0.5, 0.6) is 11.5 Å². The van der Waals surface area contributed by atoms with Gasteiger partial charge in [-0.3, -0.25) is 0 Å². The lowest BCUT2D eigenvalue weighted by Crippen LogP contribution is -1.99. The Balaban J connectivity index is 2.36. The van der Waals surface area contributed by atoms with Gasteiger partial charge in [0.1, 0.15) is 11.5 Å². The van der Waals surface area contributed by atoms with Crippen molar-refractivity contribution in [3.63, 3.8) is 0 Å². The molecule has 0 amide bonds. The molecule has 0 aliphatic carbocycles. The van der Waals surface area contributed by atoms with Crippen LogP contribution in [0.2, 0.25) is 0 Å². The van der Waals surface area contributed by atoms with Gasteiger partial charge in [-0.2, -0.15) is 0 Å². The summed E-state index contributed by atoms with van der Waals surface area (Å²) in [6.07, 6.45) is 0.528. The number of para-hydroxylation sites is 2. The normalized spacial score (nSPS) is 13.8. The molecule has 0 spiro atoms. The summed E-state index contributed by atoms with van der Waals surface area (Å²) in [4.78, 5) is 0. The van der Waals surface area contributed by atoms with Crippen LogP contribution in [0, 0.1) is 0 Å². The fourth-order valence-electron chi connectivity index (χ4n) is 2.24. The van der Waals surface area contributed by atoms with Gasteiger partial charge in [0.25, 0.3) is 0 Å². The molecule has 2 aromatic carbocycles. The van der Waals surface area contributed by atoms with E-state index in [1.165, 1.54) is 5.56 Å². The lowest BCUT2D eigenvalue weighted by Gasteiger charge is -2.18. The highest BCUT2D eigenvalue weighted by Gasteiger charge is 2.13. The zero-order chi connectivity index (χ0) is 14.5. The van der Waals surface area contributed by atoms with Crippen LogP contribution >= 0.6 is 0 Å². The van der Waals surface area contributed by atoms with E-state index < -0.39 is 6.10 Å². The van der Waals surface area contributed by atoms with E-state index in [0.717, 1.165) is 23.5 Å². The van der Waals surface area contributed by atoms with Gasteiger partial charge in [-0.25, -0.2) is 0 Å². The largest absolute Gasteiger partial charge is 0.457 e. The third kappa shape index (κ3) is 3.20. The molecule has 2 aromatic rings. The van der Waals surface area contributed by atoms with E-state index in [0.29, 0.717) is 5.92 Å². The molecule has 106 valence electrons. The number of aliphatic hydroxyl groups is 1. The summed E-state index contributed by atoms with van der Waals surface area (Å²) in [5.74, 6) is 2.04. The Hall–Kier alpha value is -1.80. The van der Waals surface area contributed by atoms with Gasteiger partial charge in [0.2, 0.25) is 0 Å². The highest BCUT2D eigenvalue weighted by molar-refractivity contribution is 5.43. The second-order valence-corrected chi connectivity index (χ2v) is 5.16. The summed E-state index contributed by atoms with van der Waals surface area (Å²) in [6, 6.07) is 15.7. The third-order valence-corrected chi connectivity index (χ3v) is 3.65. The fourth-order valence-corrected chi connectivity index (χ4v) is 2.24. The second-order valence-electron chi connectivity index (χ2n) is 5.16. The first-order valence-electron chi connectivity index (χ1n) is 7.17. The van der Waals surface area contributed by atoms with E-state index in [2.05, 4.69) is 19.9 Å². The van der Waals surface area contributed by atoms with Gasteiger partial charge in [-0.1, -0.05) is 50.2 Å². The Morgan fingerprint density at radius 1 is 0.900 bits per heavy atom. The highest BCUT2D eigenvalue weighted by Crippen LogP contribution is 2.34. The quantitative estimate of drug-likeness (QED) is 0.824. The molecule has 0 aliphatic heterocycles. The van der Waals surface area contributed by atoms with Gasteiger partial charge in [-0.05, 0) is 37.0 Å². The summed E-state index contributed by atoms with van der Waals surface area (Å²) in [7, 11) is 0. The van der Waals surface area contributed by atoms with E-state index >= 15 is 0 Å². The molecular formula is C18H22O2. The first kappa shape index (κ1) is 14.6. The van der Waals surface area contributed by atoms with Gasteiger partial charge >= 0.3 is 0 Å². The molecule has 0 heterocycles. The second kappa shape index (κ2) is 6.58. The zero-order valence-corrected chi connectivity index (χ0v) is 12.3. The number of benzene rings is 2. The van der Waals surface area contributed by atoms with Crippen molar-refractivity contribution in [2.75, 3.05) is 0 Å². The minimum Gasteiger partial charge on any atom is -0.457 e. The molecule has 0 aliphatic rings. The van der Waals surface area contributed by atoms with E-state index in [1.807, 2.05) is 42.5 Å². The first-order valence-corrected chi connectivity index (χ1v) is 7.17. The van der Waals surface area contributed by atoms with Gasteiger partial charge in [-0.15, -0.1) is 0 Å². The average molecular weight is 270 g/mol. The van der Waals surface area contributed by atoms with Crippen LogP contribution < -0.4 is 4.74 Å². The maximum absolute atomic E-state index is 9.83. The van der Waals surface area contributed by atoms with Crippen molar-refractivity contribution in [2.45, 2.75) is 39.2 Å². The molecule has 2 heteroatoms. The van der Waals surface area contributed by atoms with Crippen molar-refractivity contribution in [3.05, 3.63) is 59.7 Å². The van der Waals surface area contributed by atoms with Crippen molar-refractivity contribution in [3.8, 4) is 11.5 Å². The number of aliphatic hydroxyl groups excluding tert-OH is 1. The first-order chi connectivity index (χ1) is 9.63. The Bertz CT molecular complexity index is 561. The van der Waals surface area contributed by atoms with Crippen LogP contribution in [0.1, 0.15) is 50.3 Å². The molecule has 20 heavy (non-hydrogen) atoms. The van der Waals surface area contributed by atoms with Crippen molar-refractivity contribution in [1.82, 2.24) is 0 Å². The minimum atomic E-state index is -0.540. The van der Waals surface area contributed by atoms with E-state index in [1.54, 1.807) is 6.92 Å². The molecule has 0 aromatic heterocycles. The molecule has 0 fully saturated rings. The predicted molar refractivity (Wildman–Crippen MR) is 82.3 cm³/mol.